The number of nitrogens with zero attached hydrogens (tertiary/aromatic N) is 6. The molecule has 0 saturated carbocycles. The number of aromatic nitrogens is 7. The van der Waals surface area contributed by atoms with Crippen LogP contribution in [0.3, 0.4) is 0 Å². The van der Waals surface area contributed by atoms with E-state index in [0.717, 1.165) is 0 Å². The van der Waals surface area contributed by atoms with Crippen LogP contribution in [0.15, 0.2) is 29.7 Å². The SMILES string of the molecule is CO[P+]1(S)OCC2OC(n3cnc4c(N)ncnc43)C(O)C2OP(=O)(O)OCC2OC(n3ccc4c(=O)[nH]c(N)nc43)C(O1)C2O. The Morgan fingerprint density at radius 2 is 1.87 bits per heavy atom. The number of ether oxygens (including phenoxy) is 2. The minimum atomic E-state index is -4.97. The zero-order chi connectivity index (χ0) is 32.5. The summed E-state index contributed by atoms with van der Waals surface area (Å²) in [4.78, 5) is 41.9. The first-order chi connectivity index (χ1) is 21.9. The summed E-state index contributed by atoms with van der Waals surface area (Å²) < 4.78 is 56.3. The Morgan fingerprint density at radius 3 is 2.65 bits per heavy atom. The smallest absolute Gasteiger partial charge is 0.387 e. The number of phosphoric acid groups is 1. The Bertz CT molecular complexity index is 1900. The molecule has 10 unspecified atom stereocenters. The molecule has 3 saturated heterocycles. The molecule has 21 nitrogen and oxygen atoms in total. The number of aromatic amines is 1. The second kappa shape index (κ2) is 11.7. The molecule has 0 amide bonds. The van der Waals surface area contributed by atoms with E-state index in [1.807, 2.05) is 0 Å². The second-order valence-electron chi connectivity index (χ2n) is 10.5. The Kier molecular flexibility index (Phi) is 8.08. The summed E-state index contributed by atoms with van der Waals surface area (Å²) in [6.45, 7) is -1.13. The van der Waals surface area contributed by atoms with Gasteiger partial charge in [0.05, 0.1) is 37.7 Å². The topological polar surface area (TPSA) is 289 Å². The van der Waals surface area contributed by atoms with Gasteiger partial charge in [-0.05, 0) is 6.07 Å². The van der Waals surface area contributed by atoms with Crippen LogP contribution >= 0.6 is 27.2 Å². The number of aliphatic hydroxyl groups excluding tert-OH is 2. The van der Waals surface area contributed by atoms with Gasteiger partial charge in [0.15, 0.2) is 35.7 Å². The number of thiol groups is 1. The monoisotopic (exact) mass is 704 g/mol. The van der Waals surface area contributed by atoms with E-state index in [1.165, 1.54) is 41.2 Å². The first kappa shape index (κ1) is 31.8. The summed E-state index contributed by atoms with van der Waals surface area (Å²) in [7, 11) is -7.37. The lowest BCUT2D eigenvalue weighted by atomic mass is 10.1. The van der Waals surface area contributed by atoms with Gasteiger partial charge in [-0.25, -0.2) is 19.5 Å². The van der Waals surface area contributed by atoms with E-state index in [1.54, 1.807) is 0 Å². The van der Waals surface area contributed by atoms with Gasteiger partial charge in [0.25, 0.3) is 5.56 Å². The van der Waals surface area contributed by atoms with Crippen LogP contribution in [-0.2, 0) is 36.7 Å². The quantitative estimate of drug-likeness (QED) is 0.104. The first-order valence-corrected chi connectivity index (χ1v) is 17.7. The van der Waals surface area contributed by atoms with Crippen LogP contribution in [0.4, 0.5) is 11.8 Å². The van der Waals surface area contributed by atoms with Gasteiger partial charge < -0.3 is 40.6 Å². The van der Waals surface area contributed by atoms with Gasteiger partial charge in [-0.1, -0.05) is 0 Å². The van der Waals surface area contributed by atoms with Gasteiger partial charge in [0.2, 0.25) is 5.95 Å². The standard InChI is InChI=1S/C22H27N9O12P2S/c1-37-45(46)39-5-10-14(13(33)20(41-10)31-7-27-11-16(23)25-6-26-18(11)31)42-44(35,36)38-4-9-12(32)15(43-45)21(40-9)30-3-2-8-17(30)28-22(24)29-19(8)34/h2-3,6-7,9-10,12-15,20-21,32-33,46H,4-5H2,1H3,(H5-,23,24,25,26,28,29,34,35,36)/p+1. The van der Waals surface area contributed by atoms with Crippen LogP contribution in [0.1, 0.15) is 12.5 Å². The van der Waals surface area contributed by atoms with Gasteiger partial charge in [-0.3, -0.25) is 23.4 Å². The van der Waals surface area contributed by atoms with Crippen molar-refractivity contribution in [3.63, 3.8) is 0 Å². The number of hydrogen-bond acceptors (Lipinski definition) is 18. The second-order valence-corrected chi connectivity index (χ2v) is 15.1. The van der Waals surface area contributed by atoms with Gasteiger partial charge in [0, 0.05) is 6.20 Å². The van der Waals surface area contributed by atoms with E-state index in [4.69, 9.17) is 43.6 Å². The lowest BCUT2D eigenvalue weighted by Gasteiger charge is -2.26. The molecule has 0 aliphatic carbocycles. The van der Waals surface area contributed by atoms with E-state index in [9.17, 15) is 24.5 Å². The number of anilines is 2. The number of H-pyrrole nitrogens is 1. The highest BCUT2D eigenvalue weighted by Crippen LogP contribution is 2.68. The fourth-order valence-corrected chi connectivity index (χ4v) is 8.14. The number of nitrogen functional groups attached to an aromatic ring is 2. The van der Waals surface area contributed by atoms with Crippen molar-refractivity contribution in [2.45, 2.75) is 49.1 Å². The van der Waals surface area contributed by atoms with Gasteiger partial charge in [0.1, 0.15) is 49.0 Å². The third-order valence-electron chi connectivity index (χ3n) is 7.70. The van der Waals surface area contributed by atoms with Crippen molar-refractivity contribution in [2.75, 3.05) is 31.8 Å². The van der Waals surface area contributed by atoms with E-state index >= 15 is 0 Å². The highest BCUT2D eigenvalue weighted by molar-refractivity contribution is 8.47. The molecule has 3 aliphatic rings. The van der Waals surface area contributed by atoms with Crippen molar-refractivity contribution in [2.24, 2.45) is 0 Å². The number of nitrogens with one attached hydrogen (secondary N) is 1. The van der Waals surface area contributed by atoms with E-state index in [2.05, 4.69) is 37.2 Å². The molecule has 24 heteroatoms. The summed E-state index contributed by atoms with van der Waals surface area (Å²) in [5.74, 6) is -0.0822. The van der Waals surface area contributed by atoms with Crippen molar-refractivity contribution >= 4 is 61.2 Å². The van der Waals surface area contributed by atoms with Crippen LogP contribution in [0.2, 0.25) is 0 Å². The van der Waals surface area contributed by atoms with Gasteiger partial charge in [-0.2, -0.15) is 18.6 Å². The number of nitrogens with two attached hydrogens (primary N) is 2. The third kappa shape index (κ3) is 5.48. The number of hydrogen-bond donors (Lipinski definition) is 7. The fraction of sp³-hybridized carbons (Fsp3) is 0.500. The molecule has 7 heterocycles. The molecule has 7 rings (SSSR count). The molecule has 2 bridgehead atoms. The summed E-state index contributed by atoms with van der Waals surface area (Å²) in [6.07, 6.45) is -6.88. The average Bonchev–Trinajstić information content (AvgIpc) is 3.77. The maximum atomic E-state index is 13.2. The zero-order valence-electron chi connectivity index (χ0n) is 23.5. The van der Waals surface area contributed by atoms with Crippen LogP contribution in [-0.4, -0.2) is 106 Å². The lowest BCUT2D eigenvalue weighted by molar-refractivity contribution is -0.0644. The fourth-order valence-electron chi connectivity index (χ4n) is 5.53. The number of phosphoric ester groups is 1. The summed E-state index contributed by atoms with van der Waals surface area (Å²) in [5, 5.41) is 22.7. The van der Waals surface area contributed by atoms with E-state index < -0.39 is 82.8 Å². The molecule has 3 fully saturated rings. The van der Waals surface area contributed by atoms with Gasteiger partial charge >= 0.3 is 15.0 Å². The van der Waals surface area contributed by atoms with Crippen LogP contribution in [0.5, 0.6) is 0 Å². The Labute approximate surface area is 263 Å². The maximum Gasteiger partial charge on any atom is 0.478 e. The molecule has 10 atom stereocenters. The van der Waals surface area contributed by atoms with Crippen LogP contribution in [0.25, 0.3) is 22.2 Å². The summed E-state index contributed by atoms with van der Waals surface area (Å²) in [5.41, 5.74) is 11.7. The molecular formula is C22H28N9O12P2S+. The molecule has 8 N–H and O–H groups in total. The van der Waals surface area contributed by atoms with E-state index in [-0.39, 0.29) is 34.0 Å². The zero-order valence-corrected chi connectivity index (χ0v) is 26.2. The third-order valence-corrected chi connectivity index (χ3v) is 11.3. The maximum absolute atomic E-state index is 13.2. The van der Waals surface area contributed by atoms with Crippen molar-refractivity contribution < 1.29 is 51.8 Å². The molecule has 4 aromatic heterocycles. The Balaban J connectivity index is 1.22. The van der Waals surface area contributed by atoms with Crippen molar-refractivity contribution in [1.82, 2.24) is 34.1 Å². The predicted octanol–water partition coefficient (Wildman–Crippen LogP) is -0.583. The number of aliphatic hydroxyl groups is 2. The number of rotatable bonds is 3. The first-order valence-electron chi connectivity index (χ1n) is 13.5. The van der Waals surface area contributed by atoms with E-state index in [0.29, 0.717) is 0 Å². The molecule has 3 aliphatic heterocycles. The highest BCUT2D eigenvalue weighted by atomic mass is 32.7. The molecule has 46 heavy (non-hydrogen) atoms. The van der Waals surface area contributed by atoms with Gasteiger partial charge in [-0.15, -0.1) is 0 Å². The van der Waals surface area contributed by atoms with Crippen molar-refractivity contribution in [3.05, 3.63) is 35.3 Å². The number of imidazole rings is 1. The summed E-state index contributed by atoms with van der Waals surface area (Å²) >= 11 is 4.52. The highest BCUT2D eigenvalue weighted by Gasteiger charge is 2.58. The molecule has 248 valence electrons. The normalized spacial score (nSPS) is 37.2. The number of fused-ring (bicyclic) bond motifs is 5. The van der Waals surface area contributed by atoms with Crippen LogP contribution < -0.4 is 17.0 Å². The molecule has 4 aromatic rings. The molecule has 0 aromatic carbocycles. The van der Waals surface area contributed by atoms with Crippen molar-refractivity contribution in [1.29, 1.82) is 0 Å². The minimum absolute atomic E-state index is 0.0878. The average molecular weight is 705 g/mol. The van der Waals surface area contributed by atoms with Crippen LogP contribution in [0, 0.1) is 0 Å². The summed E-state index contributed by atoms with van der Waals surface area (Å²) in [6, 6.07) is 1.46. The predicted molar refractivity (Wildman–Crippen MR) is 159 cm³/mol. The Morgan fingerprint density at radius 1 is 1.09 bits per heavy atom. The largest absolute Gasteiger partial charge is 0.478 e. The Hall–Kier alpha value is -2.82. The molecule has 0 radical (unpaired) electrons. The molecule has 0 spiro atoms. The van der Waals surface area contributed by atoms with Crippen molar-refractivity contribution in [3.8, 4) is 0 Å². The lowest BCUT2D eigenvalue weighted by Crippen LogP contribution is -2.36. The molecular weight excluding hydrogens is 676 g/mol. The minimum Gasteiger partial charge on any atom is -0.387 e.